The number of benzene rings is 6. The van der Waals surface area contributed by atoms with Crippen molar-refractivity contribution in [2.45, 2.75) is 19.8 Å². The van der Waals surface area contributed by atoms with Crippen LogP contribution in [0.2, 0.25) is 0 Å². The SMILES string of the molecule is CC(C)c1ccc(N(c2ccc3ccccc3c2)c2ccc3ccccc3c2)c2ccccc12. The predicted molar refractivity (Wildman–Crippen MR) is 148 cm³/mol. The zero-order valence-corrected chi connectivity index (χ0v) is 19.6. The van der Waals surface area contributed by atoms with Gasteiger partial charge in [-0.05, 0) is 68.7 Å². The van der Waals surface area contributed by atoms with E-state index < -0.39 is 0 Å². The molecule has 1 heteroatoms. The Balaban J connectivity index is 1.64. The van der Waals surface area contributed by atoms with Gasteiger partial charge in [0.2, 0.25) is 0 Å². The Morgan fingerprint density at radius 3 is 1.53 bits per heavy atom. The van der Waals surface area contributed by atoms with Crippen molar-refractivity contribution in [1.29, 1.82) is 0 Å². The smallest absolute Gasteiger partial charge is 0.0540 e. The summed E-state index contributed by atoms with van der Waals surface area (Å²) < 4.78 is 0. The molecule has 0 unspecified atom stereocenters. The Kier molecular flexibility index (Phi) is 5.04. The summed E-state index contributed by atoms with van der Waals surface area (Å²) in [4.78, 5) is 2.41. The zero-order valence-electron chi connectivity index (χ0n) is 19.6. The van der Waals surface area contributed by atoms with Gasteiger partial charge in [-0.25, -0.2) is 0 Å². The minimum atomic E-state index is 0.466. The van der Waals surface area contributed by atoms with Crippen LogP contribution in [0.15, 0.2) is 121 Å². The third kappa shape index (κ3) is 3.50. The van der Waals surface area contributed by atoms with Gasteiger partial charge in [-0.15, -0.1) is 0 Å². The quantitative estimate of drug-likeness (QED) is 0.265. The first-order chi connectivity index (χ1) is 16.7. The summed E-state index contributed by atoms with van der Waals surface area (Å²) >= 11 is 0. The average Bonchev–Trinajstić information content (AvgIpc) is 2.88. The molecule has 6 rings (SSSR count). The lowest BCUT2D eigenvalue weighted by atomic mass is 9.94. The van der Waals surface area contributed by atoms with E-state index in [0.29, 0.717) is 5.92 Å². The van der Waals surface area contributed by atoms with E-state index in [1.807, 2.05) is 0 Å². The van der Waals surface area contributed by atoms with Crippen molar-refractivity contribution in [3.8, 4) is 0 Å². The first-order valence-corrected chi connectivity index (χ1v) is 12.0. The fourth-order valence-corrected chi connectivity index (χ4v) is 5.06. The molecule has 0 aromatic heterocycles. The topological polar surface area (TPSA) is 3.24 Å². The second-order valence-corrected chi connectivity index (χ2v) is 9.27. The number of rotatable bonds is 4. The lowest BCUT2D eigenvalue weighted by Gasteiger charge is -2.28. The molecule has 34 heavy (non-hydrogen) atoms. The van der Waals surface area contributed by atoms with Crippen LogP contribution in [0, 0.1) is 0 Å². The van der Waals surface area contributed by atoms with Crippen molar-refractivity contribution in [2.24, 2.45) is 0 Å². The Labute approximate surface area is 200 Å². The predicted octanol–water partition coefficient (Wildman–Crippen LogP) is 9.74. The molecule has 0 amide bonds. The van der Waals surface area contributed by atoms with Crippen LogP contribution in [0.3, 0.4) is 0 Å². The Hall–Kier alpha value is -4.10. The normalized spacial score (nSPS) is 11.5. The molecule has 0 bridgehead atoms. The third-order valence-electron chi connectivity index (χ3n) is 6.78. The van der Waals surface area contributed by atoms with E-state index in [-0.39, 0.29) is 0 Å². The van der Waals surface area contributed by atoms with E-state index in [4.69, 9.17) is 0 Å². The molecule has 0 aliphatic carbocycles. The van der Waals surface area contributed by atoms with Gasteiger partial charge in [-0.3, -0.25) is 0 Å². The monoisotopic (exact) mass is 437 g/mol. The van der Waals surface area contributed by atoms with Gasteiger partial charge in [0.05, 0.1) is 5.69 Å². The van der Waals surface area contributed by atoms with Crippen molar-refractivity contribution in [1.82, 2.24) is 0 Å². The summed E-state index contributed by atoms with van der Waals surface area (Å²) in [5.41, 5.74) is 4.91. The minimum absolute atomic E-state index is 0.466. The molecule has 0 radical (unpaired) electrons. The van der Waals surface area contributed by atoms with E-state index in [9.17, 15) is 0 Å². The zero-order chi connectivity index (χ0) is 23.1. The largest absolute Gasteiger partial charge is 0.310 e. The van der Waals surface area contributed by atoms with Crippen LogP contribution in [-0.4, -0.2) is 0 Å². The molecular formula is C33H27N. The molecule has 0 fully saturated rings. The van der Waals surface area contributed by atoms with E-state index in [0.717, 1.165) is 11.4 Å². The van der Waals surface area contributed by atoms with Gasteiger partial charge in [0.25, 0.3) is 0 Å². The van der Waals surface area contributed by atoms with Crippen LogP contribution < -0.4 is 4.90 Å². The van der Waals surface area contributed by atoms with Gasteiger partial charge in [-0.2, -0.15) is 0 Å². The fraction of sp³-hybridized carbons (Fsp3) is 0.0909. The molecule has 1 nitrogen and oxygen atoms in total. The minimum Gasteiger partial charge on any atom is -0.310 e. The van der Waals surface area contributed by atoms with Gasteiger partial charge in [0.15, 0.2) is 0 Å². The maximum absolute atomic E-state index is 2.41. The van der Waals surface area contributed by atoms with Gasteiger partial charge in [-0.1, -0.05) is 105 Å². The van der Waals surface area contributed by atoms with Crippen LogP contribution in [0.5, 0.6) is 0 Å². The van der Waals surface area contributed by atoms with Crippen molar-refractivity contribution < 1.29 is 0 Å². The van der Waals surface area contributed by atoms with Gasteiger partial charge < -0.3 is 4.90 Å². The van der Waals surface area contributed by atoms with E-state index in [2.05, 4.69) is 140 Å². The number of hydrogen-bond acceptors (Lipinski definition) is 1. The van der Waals surface area contributed by atoms with Crippen molar-refractivity contribution >= 4 is 49.4 Å². The highest BCUT2D eigenvalue weighted by atomic mass is 15.1. The highest BCUT2D eigenvalue weighted by Crippen LogP contribution is 2.42. The number of nitrogens with zero attached hydrogens (tertiary/aromatic N) is 1. The molecule has 0 aliphatic rings. The van der Waals surface area contributed by atoms with E-state index in [1.165, 1.54) is 43.6 Å². The summed E-state index contributed by atoms with van der Waals surface area (Å²) in [7, 11) is 0. The van der Waals surface area contributed by atoms with Crippen LogP contribution >= 0.6 is 0 Å². The lowest BCUT2D eigenvalue weighted by molar-refractivity contribution is 0.876. The first-order valence-electron chi connectivity index (χ1n) is 12.0. The standard InChI is InChI=1S/C33H27N/c1-23(2)30-19-20-33(32-14-8-7-13-31(30)32)34(28-17-15-24-9-3-5-11-26(24)21-28)29-18-16-25-10-4-6-12-27(25)22-29/h3-23H,1-2H3. The average molecular weight is 438 g/mol. The van der Waals surface area contributed by atoms with Crippen LogP contribution in [0.25, 0.3) is 32.3 Å². The van der Waals surface area contributed by atoms with Gasteiger partial charge in [0.1, 0.15) is 0 Å². The molecule has 6 aromatic carbocycles. The highest BCUT2D eigenvalue weighted by molar-refractivity contribution is 6.02. The molecule has 0 spiro atoms. The summed E-state index contributed by atoms with van der Waals surface area (Å²) in [6, 6.07) is 44.1. The summed E-state index contributed by atoms with van der Waals surface area (Å²) in [6.45, 7) is 4.54. The Morgan fingerprint density at radius 2 is 0.971 bits per heavy atom. The van der Waals surface area contributed by atoms with Crippen molar-refractivity contribution in [2.75, 3.05) is 4.90 Å². The van der Waals surface area contributed by atoms with Crippen molar-refractivity contribution in [3.63, 3.8) is 0 Å². The molecule has 164 valence electrons. The van der Waals surface area contributed by atoms with Crippen LogP contribution in [0.1, 0.15) is 25.3 Å². The van der Waals surface area contributed by atoms with Crippen LogP contribution in [0.4, 0.5) is 17.1 Å². The molecule has 0 saturated heterocycles. The maximum atomic E-state index is 2.41. The summed E-state index contributed by atoms with van der Waals surface area (Å²) in [5.74, 6) is 0.466. The lowest BCUT2D eigenvalue weighted by Crippen LogP contribution is -2.11. The van der Waals surface area contributed by atoms with Gasteiger partial charge in [0, 0.05) is 16.8 Å². The second kappa shape index (κ2) is 8.35. The number of fused-ring (bicyclic) bond motifs is 3. The summed E-state index contributed by atoms with van der Waals surface area (Å²) in [6.07, 6.45) is 0. The van der Waals surface area contributed by atoms with E-state index in [1.54, 1.807) is 0 Å². The number of hydrogen-bond donors (Lipinski definition) is 0. The molecule has 6 aromatic rings. The Morgan fingerprint density at radius 1 is 0.471 bits per heavy atom. The molecule has 0 heterocycles. The first kappa shape index (κ1) is 20.5. The van der Waals surface area contributed by atoms with Gasteiger partial charge >= 0.3 is 0 Å². The maximum Gasteiger partial charge on any atom is 0.0540 e. The molecule has 0 N–H and O–H groups in total. The molecule has 0 atom stereocenters. The molecule has 0 aliphatic heterocycles. The third-order valence-corrected chi connectivity index (χ3v) is 6.78. The van der Waals surface area contributed by atoms with Crippen LogP contribution in [-0.2, 0) is 0 Å². The van der Waals surface area contributed by atoms with Crippen molar-refractivity contribution in [3.05, 3.63) is 127 Å². The summed E-state index contributed by atoms with van der Waals surface area (Å²) in [5, 5.41) is 7.59. The van der Waals surface area contributed by atoms with E-state index >= 15 is 0 Å². The Bertz CT molecular complexity index is 1560. The fourth-order valence-electron chi connectivity index (χ4n) is 5.06. The number of anilines is 3. The highest BCUT2D eigenvalue weighted by Gasteiger charge is 2.18. The molecular weight excluding hydrogens is 410 g/mol. The second-order valence-electron chi connectivity index (χ2n) is 9.27. The molecule has 0 saturated carbocycles.